The maximum absolute atomic E-state index is 16.1. The van der Waals surface area contributed by atoms with Crippen LogP contribution in [0.2, 0.25) is 0 Å². The highest BCUT2D eigenvalue weighted by molar-refractivity contribution is 7.85. The first-order valence-electron chi connectivity index (χ1n) is 21.1. The van der Waals surface area contributed by atoms with Gasteiger partial charge in [-0.1, -0.05) is 180 Å². The number of aromatic nitrogens is 4. The third-order valence-electron chi connectivity index (χ3n) is 11.9. The molecule has 2 aromatic heterocycles. The van der Waals surface area contributed by atoms with Crippen LogP contribution < -0.4 is 31.8 Å². The lowest BCUT2D eigenvalue weighted by atomic mass is 10.1. The van der Waals surface area contributed by atoms with Gasteiger partial charge in [0.2, 0.25) is 5.95 Å². The summed E-state index contributed by atoms with van der Waals surface area (Å²) in [7, 11) is -6.82. The predicted molar refractivity (Wildman–Crippen MR) is 263 cm³/mol. The molecule has 0 bridgehead atoms. The molecule has 0 saturated heterocycles. The minimum atomic E-state index is -3.41. The van der Waals surface area contributed by atoms with Gasteiger partial charge < -0.3 is 9.13 Å². The first kappa shape index (κ1) is 40.1. The Kier molecular flexibility index (Phi) is 10.2. The number of aryl methyl sites for hydroxylation is 4. The molecule has 0 fully saturated rings. The van der Waals surface area contributed by atoms with Crippen molar-refractivity contribution in [3.8, 4) is 28.7 Å². The van der Waals surface area contributed by atoms with Gasteiger partial charge in [0.05, 0.1) is 11.0 Å². The highest BCUT2D eigenvalue weighted by atomic mass is 31.2. The lowest BCUT2D eigenvalue weighted by Crippen LogP contribution is -2.25. The van der Waals surface area contributed by atoms with E-state index in [2.05, 4.69) is 16.7 Å². The molecule has 10 rings (SSSR count). The maximum Gasteiger partial charge on any atom is 0.238 e. The molecule has 8 heteroatoms. The van der Waals surface area contributed by atoms with Crippen molar-refractivity contribution in [3.05, 3.63) is 216 Å². The molecule has 306 valence electrons. The summed E-state index contributed by atoms with van der Waals surface area (Å²) in [6.07, 6.45) is 0. The monoisotopic (exact) mass is 854 g/mol. The number of benzene rings is 8. The number of hydrogen-bond donors (Lipinski definition) is 0. The fourth-order valence-electron chi connectivity index (χ4n) is 8.42. The zero-order chi connectivity index (χ0) is 43.3. The van der Waals surface area contributed by atoms with Gasteiger partial charge in [-0.15, -0.1) is 0 Å². The molecule has 0 amide bonds. The summed E-state index contributed by atoms with van der Waals surface area (Å²) >= 11 is 0. The molecule has 0 aliphatic heterocycles. The average molecular weight is 855 g/mol. The fourth-order valence-corrected chi connectivity index (χ4v) is 13.7. The maximum atomic E-state index is 16.1. The zero-order valence-electron chi connectivity index (χ0n) is 35.5. The van der Waals surface area contributed by atoms with E-state index in [0.29, 0.717) is 28.2 Å². The summed E-state index contributed by atoms with van der Waals surface area (Å²) in [4.78, 5) is 15.3. The van der Waals surface area contributed by atoms with Crippen LogP contribution in [-0.2, 0) is 9.13 Å². The van der Waals surface area contributed by atoms with Gasteiger partial charge in [0.15, 0.2) is 25.9 Å². The molecule has 0 N–H and O–H groups in total. The van der Waals surface area contributed by atoms with Gasteiger partial charge in [0.25, 0.3) is 0 Å². The van der Waals surface area contributed by atoms with Crippen LogP contribution in [-0.4, -0.2) is 19.5 Å². The Morgan fingerprint density at radius 1 is 0.349 bits per heavy atom. The molecular formula is C55H44N4O2P2. The molecule has 0 spiro atoms. The van der Waals surface area contributed by atoms with Crippen LogP contribution in [0.25, 0.3) is 50.5 Å². The molecule has 63 heavy (non-hydrogen) atoms. The molecular weight excluding hydrogens is 811 g/mol. The number of fused-ring (bicyclic) bond motifs is 3. The van der Waals surface area contributed by atoms with Crippen molar-refractivity contribution < 1.29 is 9.13 Å². The van der Waals surface area contributed by atoms with Crippen molar-refractivity contribution in [2.24, 2.45) is 0 Å². The summed E-state index contributed by atoms with van der Waals surface area (Å²) in [5, 5.41) is 6.07. The van der Waals surface area contributed by atoms with Crippen molar-refractivity contribution in [2.45, 2.75) is 27.7 Å². The topological polar surface area (TPSA) is 77.7 Å². The molecule has 0 aliphatic rings. The Balaban J connectivity index is 1.29. The average Bonchev–Trinajstić information content (AvgIpc) is 3.65. The quantitative estimate of drug-likeness (QED) is 0.135. The molecule has 6 nitrogen and oxygen atoms in total. The van der Waals surface area contributed by atoms with E-state index in [0.717, 1.165) is 76.4 Å². The predicted octanol–water partition coefficient (Wildman–Crippen LogP) is 10.8. The SMILES string of the molecule is Cc1ccc(P(=O)(c2ccc(C)cc2)c2ccc3c(c2)c2cc(P(=O)(c4ccc(C)cc4)c4ccc(C)cc4)ccc2n3-c2nc(-c3ccccc3)nc(-c3ccccc3)n2)cc1. The Morgan fingerprint density at radius 2 is 0.651 bits per heavy atom. The summed E-state index contributed by atoms with van der Waals surface area (Å²) in [5.41, 5.74) is 7.71. The number of hydrogen-bond acceptors (Lipinski definition) is 5. The van der Waals surface area contributed by atoms with E-state index < -0.39 is 14.3 Å². The van der Waals surface area contributed by atoms with Gasteiger partial charge in [-0.25, -0.2) is 4.98 Å². The third-order valence-corrected chi connectivity index (χ3v) is 18.0. The van der Waals surface area contributed by atoms with E-state index in [1.165, 1.54) is 0 Å². The van der Waals surface area contributed by atoms with Gasteiger partial charge in [-0.3, -0.25) is 4.57 Å². The second-order valence-electron chi connectivity index (χ2n) is 16.3. The Bertz CT molecular complexity index is 3080. The second kappa shape index (κ2) is 16.1. The van der Waals surface area contributed by atoms with Crippen LogP contribution in [0.1, 0.15) is 22.3 Å². The van der Waals surface area contributed by atoms with Gasteiger partial charge in [-0.05, 0) is 64.1 Å². The van der Waals surface area contributed by atoms with Crippen LogP contribution in [0, 0.1) is 27.7 Å². The highest BCUT2D eigenvalue weighted by Crippen LogP contribution is 2.46. The molecule has 0 saturated carbocycles. The molecule has 0 atom stereocenters. The van der Waals surface area contributed by atoms with Crippen LogP contribution in [0.15, 0.2) is 194 Å². The van der Waals surface area contributed by atoms with E-state index in [4.69, 9.17) is 15.0 Å². The highest BCUT2D eigenvalue weighted by Gasteiger charge is 2.33. The van der Waals surface area contributed by atoms with Crippen LogP contribution in [0.4, 0.5) is 0 Å². The van der Waals surface area contributed by atoms with Crippen LogP contribution >= 0.6 is 14.3 Å². The fraction of sp³-hybridized carbons (Fsp3) is 0.0727. The first-order valence-corrected chi connectivity index (χ1v) is 24.5. The van der Waals surface area contributed by atoms with Crippen LogP contribution in [0.3, 0.4) is 0 Å². The molecule has 2 heterocycles. The largest absolute Gasteiger partial charge is 0.309 e. The van der Waals surface area contributed by atoms with Crippen molar-refractivity contribution in [1.29, 1.82) is 0 Å². The van der Waals surface area contributed by atoms with E-state index >= 15 is 9.13 Å². The molecule has 10 aromatic rings. The summed E-state index contributed by atoms with van der Waals surface area (Å²) in [5.74, 6) is 1.51. The zero-order valence-corrected chi connectivity index (χ0v) is 37.3. The standard InChI is InChI=1S/C55H44N4O2P2/c1-37-15-23-43(24-16-37)62(60,44-25-17-38(2)18-26-44)47-31-33-51-49(35-47)50-36-48(63(61,45-27-19-39(3)20-28-45)46-29-21-40(4)22-30-46)32-34-52(50)59(51)55-57-53(41-11-7-5-8-12-41)56-54(58-55)42-13-9-6-10-14-42/h5-36H,1-4H3. The Morgan fingerprint density at radius 3 is 0.968 bits per heavy atom. The Hall–Kier alpha value is -6.97. The smallest absolute Gasteiger partial charge is 0.238 e. The third kappa shape index (κ3) is 7.16. The van der Waals surface area contributed by atoms with Gasteiger partial charge in [0.1, 0.15) is 0 Å². The molecule has 0 aliphatic carbocycles. The Labute approximate surface area is 367 Å². The minimum Gasteiger partial charge on any atom is -0.309 e. The molecule has 0 unspecified atom stereocenters. The van der Waals surface area contributed by atoms with Crippen molar-refractivity contribution in [3.63, 3.8) is 0 Å². The van der Waals surface area contributed by atoms with Gasteiger partial charge >= 0.3 is 0 Å². The number of rotatable bonds is 9. The minimum absolute atomic E-state index is 0.434. The van der Waals surface area contributed by atoms with Gasteiger partial charge in [-0.2, -0.15) is 9.97 Å². The van der Waals surface area contributed by atoms with E-state index in [-0.39, 0.29) is 0 Å². The van der Waals surface area contributed by atoms with Crippen LogP contribution in [0.5, 0.6) is 0 Å². The number of nitrogens with zero attached hydrogens (tertiary/aromatic N) is 4. The summed E-state index contributed by atoms with van der Waals surface area (Å²) in [6.45, 7) is 8.16. The summed E-state index contributed by atoms with van der Waals surface area (Å²) < 4.78 is 34.2. The van der Waals surface area contributed by atoms with Gasteiger partial charge in [0, 0.05) is 53.7 Å². The van der Waals surface area contributed by atoms with Crippen molar-refractivity contribution >= 4 is 67.9 Å². The van der Waals surface area contributed by atoms with Crippen molar-refractivity contribution in [2.75, 3.05) is 0 Å². The van der Waals surface area contributed by atoms with E-state index in [1.54, 1.807) is 0 Å². The summed E-state index contributed by atoms with van der Waals surface area (Å²) in [6, 6.07) is 64.1. The lowest BCUT2D eigenvalue weighted by Gasteiger charge is -2.21. The lowest BCUT2D eigenvalue weighted by molar-refractivity contribution is 0.591. The van der Waals surface area contributed by atoms with E-state index in [9.17, 15) is 0 Å². The normalized spacial score (nSPS) is 11.9. The second-order valence-corrected chi connectivity index (χ2v) is 21.8. The van der Waals surface area contributed by atoms with Crippen molar-refractivity contribution in [1.82, 2.24) is 19.5 Å². The van der Waals surface area contributed by atoms with E-state index in [1.807, 2.05) is 210 Å². The molecule has 0 radical (unpaired) electrons. The molecule has 8 aromatic carbocycles. The first-order chi connectivity index (χ1) is 30.6.